The van der Waals surface area contributed by atoms with Crippen molar-refractivity contribution in [3.63, 3.8) is 0 Å². The maximum Gasteiger partial charge on any atom is 0.297 e. The van der Waals surface area contributed by atoms with Crippen molar-refractivity contribution in [1.29, 1.82) is 5.26 Å². The van der Waals surface area contributed by atoms with Crippen molar-refractivity contribution in [3.05, 3.63) is 88.4 Å². The lowest BCUT2D eigenvalue weighted by Gasteiger charge is -2.34. The monoisotopic (exact) mass is 607 g/mol. The van der Waals surface area contributed by atoms with Gasteiger partial charge in [-0.2, -0.15) is 13.7 Å². The molecule has 1 saturated carbocycles. The Hall–Kier alpha value is -3.58. The van der Waals surface area contributed by atoms with E-state index in [9.17, 15) is 13.2 Å². The molecule has 1 unspecified atom stereocenters. The summed E-state index contributed by atoms with van der Waals surface area (Å²) in [5.74, 6) is 0.528. The van der Waals surface area contributed by atoms with E-state index in [1.54, 1.807) is 42.5 Å². The molecular weight excluding hydrogens is 574 g/mol. The van der Waals surface area contributed by atoms with Crippen molar-refractivity contribution < 1.29 is 22.1 Å². The van der Waals surface area contributed by atoms with E-state index in [0.29, 0.717) is 34.9 Å². The van der Waals surface area contributed by atoms with Crippen LogP contribution in [0.25, 0.3) is 0 Å². The topological polar surface area (TPSA) is 109 Å². The molecule has 220 valence electrons. The van der Waals surface area contributed by atoms with E-state index in [-0.39, 0.29) is 22.9 Å². The number of nitrogens with one attached hydrogen (secondary N) is 1. The van der Waals surface area contributed by atoms with E-state index in [4.69, 9.17) is 25.8 Å². The lowest BCUT2D eigenvalue weighted by atomic mass is 9.92. The summed E-state index contributed by atoms with van der Waals surface area (Å²) in [6, 6.07) is 21.3. The van der Waals surface area contributed by atoms with Crippen LogP contribution in [0.15, 0.2) is 71.6 Å². The predicted octanol–water partition coefficient (Wildman–Crippen LogP) is 6.01. The third kappa shape index (κ3) is 7.43. The zero-order chi connectivity index (χ0) is 29.7. The van der Waals surface area contributed by atoms with Crippen LogP contribution in [0.1, 0.15) is 60.0 Å². The normalized spacial score (nSPS) is 20.9. The minimum absolute atomic E-state index is 0.0330. The molecule has 1 heterocycles. The Balaban J connectivity index is 1.10. The third-order valence-electron chi connectivity index (χ3n) is 7.82. The van der Waals surface area contributed by atoms with Crippen LogP contribution in [0.2, 0.25) is 5.02 Å². The highest BCUT2D eigenvalue weighted by Gasteiger charge is 2.28. The Kier molecular flexibility index (Phi) is 9.37. The molecule has 2 aliphatic rings. The first kappa shape index (κ1) is 29.9. The van der Waals surface area contributed by atoms with Crippen LogP contribution in [0.3, 0.4) is 0 Å². The van der Waals surface area contributed by atoms with Crippen LogP contribution >= 0.6 is 11.6 Å². The first-order valence-corrected chi connectivity index (χ1v) is 16.0. The summed E-state index contributed by atoms with van der Waals surface area (Å²) in [7, 11) is -3.84. The average Bonchev–Trinajstić information content (AvgIpc) is 2.98. The number of amides is 1. The first-order chi connectivity index (χ1) is 20.2. The highest BCUT2D eigenvalue weighted by atomic mass is 35.5. The van der Waals surface area contributed by atoms with Gasteiger partial charge in [0.2, 0.25) is 0 Å². The summed E-state index contributed by atoms with van der Waals surface area (Å²) in [4.78, 5) is 15.2. The molecule has 2 fully saturated rings. The zero-order valence-electron chi connectivity index (χ0n) is 23.5. The third-order valence-corrected chi connectivity index (χ3v) is 9.51. The molecule has 0 radical (unpaired) electrons. The summed E-state index contributed by atoms with van der Waals surface area (Å²) >= 11 is 6.11. The van der Waals surface area contributed by atoms with Gasteiger partial charge in [0, 0.05) is 36.4 Å². The number of anilines is 1. The van der Waals surface area contributed by atoms with Gasteiger partial charge in [0.15, 0.2) is 0 Å². The summed E-state index contributed by atoms with van der Waals surface area (Å²) < 4.78 is 37.2. The number of halogens is 1. The van der Waals surface area contributed by atoms with Gasteiger partial charge in [0.25, 0.3) is 16.0 Å². The Bertz CT molecular complexity index is 1550. The molecule has 1 amide bonds. The molecule has 42 heavy (non-hydrogen) atoms. The number of piperidine rings is 1. The Morgan fingerprint density at radius 1 is 0.976 bits per heavy atom. The fourth-order valence-electron chi connectivity index (χ4n) is 5.46. The molecule has 3 aromatic carbocycles. The number of benzene rings is 3. The number of aryl methyl sites for hydroxylation is 1. The number of hydrogen-bond donors (Lipinski definition) is 1. The number of ether oxygens (including phenoxy) is 1. The molecule has 1 N–H and O–H groups in total. The molecule has 3 aromatic rings. The summed E-state index contributed by atoms with van der Waals surface area (Å²) in [5.41, 5.74) is 2.91. The quantitative estimate of drug-likeness (QED) is 0.312. The van der Waals surface area contributed by atoms with Crippen molar-refractivity contribution in [2.24, 2.45) is 0 Å². The SMILES string of the molecule is Cc1ccc(S(=O)(=O)OC2CCCN(c3ccc(C(=O)N[C@H]4CC[C@H](Oc5ccc(C#N)c(Cl)c5)CC4)cc3)C2)cc1. The van der Waals surface area contributed by atoms with Gasteiger partial charge in [-0.05, 0) is 94.0 Å². The van der Waals surface area contributed by atoms with Crippen molar-refractivity contribution in [2.45, 2.75) is 68.6 Å². The van der Waals surface area contributed by atoms with Gasteiger partial charge in [0.1, 0.15) is 11.8 Å². The number of carbonyl (C=O) groups excluding carboxylic acids is 1. The van der Waals surface area contributed by atoms with E-state index >= 15 is 0 Å². The molecule has 0 spiro atoms. The van der Waals surface area contributed by atoms with E-state index in [1.807, 2.05) is 37.3 Å². The molecular formula is C32H34ClN3O5S. The van der Waals surface area contributed by atoms with Gasteiger partial charge < -0.3 is 15.0 Å². The molecule has 1 aliphatic heterocycles. The van der Waals surface area contributed by atoms with Crippen LogP contribution in [-0.2, 0) is 14.3 Å². The summed E-state index contributed by atoms with van der Waals surface area (Å²) in [6.45, 7) is 3.15. The molecule has 0 aromatic heterocycles. The van der Waals surface area contributed by atoms with Crippen molar-refractivity contribution >= 4 is 33.3 Å². The molecule has 10 heteroatoms. The number of nitrogens with zero attached hydrogens (tertiary/aromatic N) is 2. The van der Waals surface area contributed by atoms with Crippen LogP contribution in [0.4, 0.5) is 5.69 Å². The highest BCUT2D eigenvalue weighted by molar-refractivity contribution is 7.86. The predicted molar refractivity (Wildman–Crippen MR) is 161 cm³/mol. The number of rotatable bonds is 8. The second-order valence-electron chi connectivity index (χ2n) is 10.9. The Morgan fingerprint density at radius 2 is 1.69 bits per heavy atom. The lowest BCUT2D eigenvalue weighted by molar-refractivity contribution is 0.0894. The fraction of sp³-hybridized carbons (Fsp3) is 0.375. The second kappa shape index (κ2) is 13.2. The average molecular weight is 608 g/mol. The molecule has 5 rings (SSSR count). The maximum absolute atomic E-state index is 13.0. The smallest absolute Gasteiger partial charge is 0.297 e. The highest BCUT2D eigenvalue weighted by Crippen LogP contribution is 2.28. The van der Waals surface area contributed by atoms with Crippen molar-refractivity contribution in [3.8, 4) is 11.8 Å². The summed E-state index contributed by atoms with van der Waals surface area (Å²) in [6.07, 6.45) is 4.28. The van der Waals surface area contributed by atoms with E-state index in [1.165, 1.54) is 0 Å². The standard InChI is InChI=1S/C32H34ClN3O5S/c1-22-4-16-30(17-5-22)42(38,39)41-29-3-2-18-36(21-29)26-11-6-23(7-12-26)32(37)35-25-9-14-27(15-10-25)40-28-13-8-24(20-34)31(33)19-28/h4-8,11-13,16-17,19,25,27,29H,2-3,9-10,14-15,18,21H2,1H3,(H,35,37)/t25-,27-,29?. The van der Waals surface area contributed by atoms with Gasteiger partial charge in [-0.3, -0.25) is 8.98 Å². The minimum atomic E-state index is -3.84. The molecule has 1 aliphatic carbocycles. The molecule has 0 bridgehead atoms. The van der Waals surface area contributed by atoms with Crippen molar-refractivity contribution in [2.75, 3.05) is 18.0 Å². The van der Waals surface area contributed by atoms with Crippen molar-refractivity contribution in [1.82, 2.24) is 5.32 Å². The van der Waals surface area contributed by atoms with Gasteiger partial charge in [-0.1, -0.05) is 29.3 Å². The van der Waals surface area contributed by atoms with Gasteiger partial charge >= 0.3 is 0 Å². The van der Waals surface area contributed by atoms with Gasteiger partial charge in [-0.25, -0.2) is 0 Å². The Morgan fingerprint density at radius 3 is 2.36 bits per heavy atom. The lowest BCUT2D eigenvalue weighted by Crippen LogP contribution is -2.41. The van der Waals surface area contributed by atoms with Gasteiger partial charge in [-0.15, -0.1) is 0 Å². The van der Waals surface area contributed by atoms with Crippen LogP contribution in [-0.4, -0.2) is 45.7 Å². The number of carbonyl (C=O) groups is 1. The molecule has 8 nitrogen and oxygen atoms in total. The summed E-state index contributed by atoms with van der Waals surface area (Å²) in [5, 5.41) is 12.6. The van der Waals surface area contributed by atoms with Crippen LogP contribution in [0, 0.1) is 18.3 Å². The number of hydrogen-bond acceptors (Lipinski definition) is 7. The van der Waals surface area contributed by atoms with Crippen LogP contribution < -0.4 is 15.0 Å². The van der Waals surface area contributed by atoms with E-state index < -0.39 is 16.2 Å². The fourth-order valence-corrected chi connectivity index (χ4v) is 6.77. The van der Waals surface area contributed by atoms with E-state index in [2.05, 4.69) is 10.2 Å². The Labute approximate surface area is 252 Å². The van der Waals surface area contributed by atoms with Crippen LogP contribution in [0.5, 0.6) is 5.75 Å². The van der Waals surface area contributed by atoms with Gasteiger partial charge in [0.05, 0.1) is 27.7 Å². The second-order valence-corrected chi connectivity index (χ2v) is 12.9. The number of nitriles is 1. The largest absolute Gasteiger partial charge is 0.490 e. The molecule has 1 saturated heterocycles. The minimum Gasteiger partial charge on any atom is -0.490 e. The zero-order valence-corrected chi connectivity index (χ0v) is 25.0. The molecule has 1 atom stereocenters. The first-order valence-electron chi connectivity index (χ1n) is 14.2. The van der Waals surface area contributed by atoms with E-state index in [0.717, 1.165) is 49.9 Å². The maximum atomic E-state index is 13.0.